The molecule has 4 aromatic carbocycles. The third-order valence-corrected chi connectivity index (χ3v) is 6.55. The summed E-state index contributed by atoms with van der Waals surface area (Å²) < 4.78 is 143. The van der Waals surface area contributed by atoms with Crippen LogP contribution in [0.1, 0.15) is 16.7 Å². The van der Waals surface area contributed by atoms with Crippen molar-refractivity contribution in [2.24, 2.45) is 0 Å². The van der Waals surface area contributed by atoms with Gasteiger partial charge in [0.1, 0.15) is 17.2 Å². The van der Waals surface area contributed by atoms with Crippen molar-refractivity contribution in [3.63, 3.8) is 0 Å². The van der Waals surface area contributed by atoms with Gasteiger partial charge in [-0.2, -0.15) is 17.6 Å². The number of nitrogens with one attached hydrogen (secondary N) is 1. The first-order valence-corrected chi connectivity index (χ1v) is 13.0. The van der Waals surface area contributed by atoms with Gasteiger partial charge >= 0.3 is 25.3 Å². The topological polar surface area (TPSA) is 39.7 Å². The highest BCUT2D eigenvalue weighted by atomic mass is 19.4. The summed E-state index contributed by atoms with van der Waals surface area (Å²) in [6.45, 7) is -0.180. The van der Waals surface area contributed by atoms with Gasteiger partial charge in [0.15, 0.2) is 0 Å². The van der Waals surface area contributed by atoms with Crippen LogP contribution in [-0.2, 0) is 11.8 Å². The zero-order valence-corrected chi connectivity index (χ0v) is 22.8. The van der Waals surface area contributed by atoms with Crippen molar-refractivity contribution in [1.29, 1.82) is 0 Å². The van der Waals surface area contributed by atoms with E-state index in [1.54, 1.807) is 30.3 Å². The molecular weight excluding hydrogens is 624 g/mol. The fourth-order valence-electron chi connectivity index (χ4n) is 4.66. The van der Waals surface area contributed by atoms with E-state index in [1.807, 2.05) is 0 Å². The van der Waals surface area contributed by atoms with E-state index < -0.39 is 47.9 Å². The van der Waals surface area contributed by atoms with Crippen LogP contribution >= 0.6 is 0 Å². The maximum Gasteiger partial charge on any atom is 0.573 e. The minimum absolute atomic E-state index is 0.0353. The lowest BCUT2D eigenvalue weighted by molar-refractivity contribution is -0.275. The van der Waals surface area contributed by atoms with Crippen molar-refractivity contribution >= 4 is 5.69 Å². The van der Waals surface area contributed by atoms with Gasteiger partial charge in [0.05, 0.1) is 0 Å². The molecule has 0 saturated heterocycles. The molecule has 4 aromatic rings. The summed E-state index contributed by atoms with van der Waals surface area (Å²) in [5.41, 5.74) is -0.0930. The summed E-state index contributed by atoms with van der Waals surface area (Å²) in [7, 11) is 0. The van der Waals surface area contributed by atoms with Crippen LogP contribution in [0.15, 0.2) is 103 Å². The Bertz CT molecular complexity index is 1480. The van der Waals surface area contributed by atoms with E-state index in [0.29, 0.717) is 5.56 Å². The van der Waals surface area contributed by atoms with E-state index in [9.17, 15) is 43.9 Å². The lowest BCUT2D eigenvalue weighted by Gasteiger charge is -2.36. The first kappa shape index (κ1) is 33.3. The molecule has 0 saturated carbocycles. The predicted octanol–water partition coefficient (Wildman–Crippen LogP) is 9.36. The van der Waals surface area contributed by atoms with Gasteiger partial charge in [0.2, 0.25) is 0 Å². The van der Waals surface area contributed by atoms with E-state index in [-0.39, 0.29) is 29.8 Å². The van der Waals surface area contributed by atoms with Gasteiger partial charge in [-0.1, -0.05) is 54.6 Å². The standard InChI is InChI=1S/C31H23F10NO3/c32-27(33)29(34,35)43-24-14-12-23(13-15-24)42-19-28(18-20-6-2-1-3-7-20,21-8-4-10-25(16-21)44-30(36,37)38)22-9-5-11-26(17-22)45-31(39,40)41/h1-17,27,42H,18-19H2. The van der Waals surface area contributed by atoms with Gasteiger partial charge in [0.25, 0.3) is 0 Å². The van der Waals surface area contributed by atoms with E-state index in [0.717, 1.165) is 36.4 Å². The molecule has 0 spiro atoms. The molecule has 240 valence electrons. The zero-order valence-electron chi connectivity index (χ0n) is 22.8. The third-order valence-electron chi connectivity index (χ3n) is 6.55. The molecule has 14 heteroatoms. The van der Waals surface area contributed by atoms with Gasteiger partial charge in [-0.25, -0.2) is 0 Å². The van der Waals surface area contributed by atoms with Crippen molar-refractivity contribution in [2.75, 3.05) is 11.9 Å². The van der Waals surface area contributed by atoms with Crippen molar-refractivity contribution in [1.82, 2.24) is 0 Å². The maximum atomic E-state index is 13.3. The van der Waals surface area contributed by atoms with Crippen molar-refractivity contribution in [3.8, 4) is 17.2 Å². The summed E-state index contributed by atoms with van der Waals surface area (Å²) in [5.74, 6) is -1.74. The van der Waals surface area contributed by atoms with Crippen molar-refractivity contribution in [2.45, 2.75) is 37.1 Å². The average Bonchev–Trinajstić information content (AvgIpc) is 2.95. The van der Waals surface area contributed by atoms with Gasteiger partial charge in [-0.05, 0) is 71.6 Å². The van der Waals surface area contributed by atoms with Crippen LogP contribution in [0.2, 0.25) is 0 Å². The van der Waals surface area contributed by atoms with Crippen LogP contribution in [0.4, 0.5) is 49.6 Å². The Balaban J connectivity index is 1.81. The maximum absolute atomic E-state index is 13.3. The summed E-state index contributed by atoms with van der Waals surface area (Å²) in [4.78, 5) is 0. The number of hydrogen-bond acceptors (Lipinski definition) is 4. The second kappa shape index (κ2) is 13.2. The van der Waals surface area contributed by atoms with Crippen molar-refractivity contribution < 1.29 is 58.1 Å². The molecule has 0 aliphatic carbocycles. The van der Waals surface area contributed by atoms with E-state index >= 15 is 0 Å². The minimum atomic E-state index is -5.04. The Kier molecular flexibility index (Phi) is 9.74. The number of hydrogen-bond donors (Lipinski definition) is 1. The summed E-state index contributed by atoms with van der Waals surface area (Å²) in [6, 6.07) is 22.9. The average molecular weight is 648 g/mol. The summed E-state index contributed by atoms with van der Waals surface area (Å²) >= 11 is 0. The quantitative estimate of drug-likeness (QED) is 0.156. The molecule has 0 heterocycles. The molecule has 0 bridgehead atoms. The van der Waals surface area contributed by atoms with E-state index in [1.165, 1.54) is 36.4 Å². The summed E-state index contributed by atoms with van der Waals surface area (Å²) in [5, 5.41) is 3.03. The van der Waals surface area contributed by atoms with Crippen LogP contribution in [0.3, 0.4) is 0 Å². The van der Waals surface area contributed by atoms with Crippen LogP contribution in [0, 0.1) is 0 Å². The van der Waals surface area contributed by atoms with Crippen LogP contribution in [0.5, 0.6) is 17.2 Å². The Hall–Kier alpha value is -4.62. The molecule has 4 nitrogen and oxygen atoms in total. The lowest BCUT2D eigenvalue weighted by atomic mass is 9.70. The van der Waals surface area contributed by atoms with Gasteiger partial charge in [-0.15, -0.1) is 26.3 Å². The Morgan fingerprint density at radius 2 is 1.07 bits per heavy atom. The fraction of sp³-hybridized carbons (Fsp3) is 0.226. The number of ether oxygens (including phenoxy) is 3. The van der Waals surface area contributed by atoms with Gasteiger partial charge < -0.3 is 19.5 Å². The number of alkyl halides is 10. The largest absolute Gasteiger partial charge is 0.573 e. The summed E-state index contributed by atoms with van der Waals surface area (Å²) in [6.07, 6.45) is -18.9. The molecule has 45 heavy (non-hydrogen) atoms. The second-order valence-electron chi connectivity index (χ2n) is 9.74. The molecule has 0 atom stereocenters. The first-order valence-electron chi connectivity index (χ1n) is 13.0. The molecule has 0 aliphatic rings. The molecular formula is C31H23F10NO3. The minimum Gasteiger partial charge on any atom is -0.428 e. The number of rotatable bonds is 12. The Labute approximate surface area is 250 Å². The molecule has 0 aliphatic heterocycles. The SMILES string of the molecule is FC(F)C(F)(F)Oc1ccc(NCC(Cc2ccccc2)(c2cccc(OC(F)(F)F)c2)c2cccc(OC(F)(F)F)c2)cc1. The monoisotopic (exact) mass is 647 g/mol. The van der Waals surface area contributed by atoms with Crippen LogP contribution in [-0.4, -0.2) is 31.8 Å². The van der Waals surface area contributed by atoms with Crippen LogP contribution in [0.25, 0.3) is 0 Å². The van der Waals surface area contributed by atoms with E-state index in [2.05, 4.69) is 19.5 Å². The number of halogens is 10. The smallest absolute Gasteiger partial charge is 0.428 e. The molecule has 0 unspecified atom stereocenters. The number of anilines is 1. The number of benzene rings is 4. The van der Waals surface area contributed by atoms with Gasteiger partial charge in [0, 0.05) is 17.6 Å². The Morgan fingerprint density at radius 3 is 1.53 bits per heavy atom. The highest BCUT2D eigenvalue weighted by molar-refractivity contribution is 5.52. The van der Waals surface area contributed by atoms with E-state index in [4.69, 9.17) is 0 Å². The first-order chi connectivity index (χ1) is 21.0. The normalized spacial score (nSPS) is 12.6. The Morgan fingerprint density at radius 1 is 0.556 bits per heavy atom. The molecule has 0 radical (unpaired) electrons. The van der Waals surface area contributed by atoms with Gasteiger partial charge in [-0.3, -0.25) is 0 Å². The molecule has 4 rings (SSSR count). The molecule has 0 amide bonds. The highest BCUT2D eigenvalue weighted by Gasteiger charge is 2.44. The molecule has 1 N–H and O–H groups in total. The predicted molar refractivity (Wildman–Crippen MR) is 144 cm³/mol. The van der Waals surface area contributed by atoms with Crippen molar-refractivity contribution in [3.05, 3.63) is 120 Å². The molecule has 0 fully saturated rings. The molecule has 0 aromatic heterocycles. The third kappa shape index (κ3) is 9.19. The second-order valence-corrected chi connectivity index (χ2v) is 9.74. The van der Waals surface area contributed by atoms with Crippen LogP contribution < -0.4 is 19.5 Å². The fourth-order valence-corrected chi connectivity index (χ4v) is 4.66. The zero-order chi connectivity index (χ0) is 32.9. The highest BCUT2D eigenvalue weighted by Crippen LogP contribution is 2.40. The lowest BCUT2D eigenvalue weighted by Crippen LogP contribution is -2.38.